The molecule has 8 nitrogen and oxygen atoms in total. The average Bonchev–Trinajstić information content (AvgIpc) is 2.85. The average molecular weight is 480 g/mol. The molecule has 0 radical (unpaired) electrons. The van der Waals surface area contributed by atoms with Gasteiger partial charge in [-0.1, -0.05) is 66.7 Å². The third kappa shape index (κ3) is 8.18. The van der Waals surface area contributed by atoms with Gasteiger partial charge in [-0.15, -0.1) is 0 Å². The van der Waals surface area contributed by atoms with Crippen LogP contribution in [0.25, 0.3) is 10.8 Å². The smallest absolute Gasteiger partial charge is 0.306 e. The first kappa shape index (κ1) is 24.7. The maximum Gasteiger partial charge on any atom is 0.306 e. The highest BCUT2D eigenvalue weighted by atomic mass is 32.1. The van der Waals surface area contributed by atoms with Crippen LogP contribution in [0.15, 0.2) is 72.8 Å². The molecule has 3 N–H and O–H groups in total. The summed E-state index contributed by atoms with van der Waals surface area (Å²) >= 11 is 4.98. The number of nitrogens with one attached hydrogen (secondary N) is 3. The van der Waals surface area contributed by atoms with E-state index in [4.69, 9.17) is 21.7 Å². The van der Waals surface area contributed by atoms with Crippen LogP contribution in [0, 0.1) is 0 Å². The number of amides is 2. The summed E-state index contributed by atoms with van der Waals surface area (Å²) in [5, 5.41) is 4.19. The molecule has 3 rings (SSSR count). The Labute approximate surface area is 202 Å². The van der Waals surface area contributed by atoms with Gasteiger partial charge < -0.3 is 14.8 Å². The highest BCUT2D eigenvalue weighted by Crippen LogP contribution is 2.24. The molecular weight excluding hydrogens is 454 g/mol. The van der Waals surface area contributed by atoms with Crippen molar-refractivity contribution in [2.24, 2.45) is 0 Å². The quantitative estimate of drug-likeness (QED) is 0.246. The molecule has 0 atom stereocenters. The Hall–Kier alpha value is -3.98. The van der Waals surface area contributed by atoms with Crippen molar-refractivity contribution in [1.82, 2.24) is 16.2 Å². The Morgan fingerprint density at radius 2 is 1.53 bits per heavy atom. The fourth-order valence-electron chi connectivity index (χ4n) is 3.06. The summed E-state index contributed by atoms with van der Waals surface area (Å²) in [7, 11) is 0. The van der Waals surface area contributed by atoms with Gasteiger partial charge in [-0.25, -0.2) is 0 Å². The van der Waals surface area contributed by atoms with E-state index in [1.165, 1.54) is 0 Å². The second-order valence-electron chi connectivity index (χ2n) is 7.27. The third-order valence-corrected chi connectivity index (χ3v) is 4.93. The Morgan fingerprint density at radius 1 is 0.794 bits per heavy atom. The van der Waals surface area contributed by atoms with Crippen molar-refractivity contribution in [3.63, 3.8) is 0 Å². The molecule has 0 heterocycles. The zero-order chi connectivity index (χ0) is 24.2. The predicted molar refractivity (Wildman–Crippen MR) is 132 cm³/mol. The number of benzene rings is 3. The van der Waals surface area contributed by atoms with E-state index in [1.807, 2.05) is 66.7 Å². The van der Waals surface area contributed by atoms with Crippen molar-refractivity contribution >= 4 is 45.9 Å². The van der Waals surface area contributed by atoms with E-state index in [0.717, 1.165) is 16.3 Å². The van der Waals surface area contributed by atoms with E-state index in [0.29, 0.717) is 12.2 Å². The van der Waals surface area contributed by atoms with Crippen LogP contribution in [-0.2, 0) is 25.5 Å². The lowest BCUT2D eigenvalue weighted by Gasteiger charge is -2.12. The normalized spacial score (nSPS) is 10.2. The van der Waals surface area contributed by atoms with Crippen molar-refractivity contribution in [2.75, 3.05) is 13.2 Å². The fourth-order valence-corrected chi connectivity index (χ4v) is 3.23. The van der Waals surface area contributed by atoms with Crippen molar-refractivity contribution in [1.29, 1.82) is 0 Å². The van der Waals surface area contributed by atoms with Gasteiger partial charge in [0, 0.05) is 18.2 Å². The number of thiocarbonyl (C=S) groups is 1. The van der Waals surface area contributed by atoms with Crippen molar-refractivity contribution in [3.8, 4) is 5.75 Å². The summed E-state index contributed by atoms with van der Waals surface area (Å²) in [6, 6.07) is 22.9. The van der Waals surface area contributed by atoms with E-state index < -0.39 is 17.8 Å². The maximum atomic E-state index is 12.0. The lowest BCUT2D eigenvalue weighted by molar-refractivity contribution is -0.144. The van der Waals surface area contributed by atoms with Crippen LogP contribution >= 0.6 is 12.2 Å². The number of carbonyl (C=O) groups is 3. The highest BCUT2D eigenvalue weighted by Gasteiger charge is 2.11. The number of fused-ring (bicyclic) bond motifs is 1. The van der Waals surface area contributed by atoms with Gasteiger partial charge in [0.15, 0.2) is 11.7 Å². The molecular formula is C25H25N3O5S. The van der Waals surface area contributed by atoms with Crippen LogP contribution in [0.5, 0.6) is 5.75 Å². The Morgan fingerprint density at radius 3 is 2.35 bits per heavy atom. The minimum atomic E-state index is -0.480. The molecule has 0 unspecified atom stereocenters. The van der Waals surface area contributed by atoms with Crippen molar-refractivity contribution in [3.05, 3.63) is 78.4 Å². The second kappa shape index (κ2) is 12.9. The Balaban J connectivity index is 1.29. The molecule has 0 aliphatic rings. The Bertz CT molecular complexity index is 1150. The summed E-state index contributed by atoms with van der Waals surface area (Å²) in [5.41, 5.74) is 5.85. The highest BCUT2D eigenvalue weighted by molar-refractivity contribution is 7.80. The van der Waals surface area contributed by atoms with Gasteiger partial charge in [-0.3, -0.25) is 25.2 Å². The maximum absolute atomic E-state index is 12.0. The second-order valence-corrected chi connectivity index (χ2v) is 7.68. The number of esters is 1. The first-order chi connectivity index (χ1) is 16.5. The van der Waals surface area contributed by atoms with E-state index in [-0.39, 0.29) is 31.2 Å². The summed E-state index contributed by atoms with van der Waals surface area (Å²) in [6.45, 7) is 0.00367. The summed E-state index contributed by atoms with van der Waals surface area (Å²) in [5.74, 6) is -0.839. The molecule has 0 saturated heterocycles. The largest absolute Gasteiger partial charge is 0.483 e. The molecule has 0 fully saturated rings. The number of hydrogen-bond donors (Lipinski definition) is 3. The fraction of sp³-hybridized carbons (Fsp3) is 0.200. The molecule has 3 aromatic rings. The first-order valence-electron chi connectivity index (χ1n) is 10.7. The van der Waals surface area contributed by atoms with E-state index in [9.17, 15) is 14.4 Å². The molecule has 34 heavy (non-hydrogen) atoms. The molecule has 0 aliphatic heterocycles. The minimum Gasteiger partial charge on any atom is -0.483 e. The third-order valence-electron chi connectivity index (χ3n) is 4.73. The topological polar surface area (TPSA) is 106 Å². The zero-order valence-corrected chi connectivity index (χ0v) is 19.2. The molecule has 0 spiro atoms. The minimum absolute atomic E-state index is 0.0749. The molecule has 0 aromatic heterocycles. The Kier molecular flexibility index (Phi) is 9.36. The van der Waals surface area contributed by atoms with Crippen LogP contribution in [0.2, 0.25) is 0 Å². The van der Waals surface area contributed by atoms with E-state index in [1.54, 1.807) is 6.07 Å². The van der Waals surface area contributed by atoms with Crippen LogP contribution in [0.1, 0.15) is 18.4 Å². The molecule has 0 saturated carbocycles. The molecule has 2 amide bonds. The molecule has 3 aromatic carbocycles. The standard InChI is InChI=1S/C25H25N3O5S/c29-22(13-14-24(31)32-16-15-18-7-2-1-3-8-18)26-25(34)28-27-23(30)17-33-21-12-6-10-19-9-4-5-11-20(19)21/h1-12H,13-17H2,(H,27,30)(H2,26,28,29,34). The summed E-state index contributed by atoms with van der Waals surface area (Å²) in [4.78, 5) is 35.8. The SMILES string of the molecule is O=C(COc1cccc2ccccc12)NNC(=S)NC(=O)CCC(=O)OCCc1ccccc1. The monoisotopic (exact) mass is 479 g/mol. The van der Waals surface area contributed by atoms with Gasteiger partial charge in [0.2, 0.25) is 5.91 Å². The number of hydrogen-bond acceptors (Lipinski definition) is 6. The molecule has 176 valence electrons. The summed E-state index contributed by atoms with van der Waals surface area (Å²) < 4.78 is 10.7. The number of carbonyl (C=O) groups excluding carboxylic acids is 3. The number of rotatable bonds is 9. The lowest BCUT2D eigenvalue weighted by atomic mass is 10.1. The number of hydrazine groups is 1. The first-order valence-corrected chi connectivity index (χ1v) is 11.1. The van der Waals surface area contributed by atoms with Crippen LogP contribution < -0.4 is 20.9 Å². The molecule has 0 aliphatic carbocycles. The van der Waals surface area contributed by atoms with Crippen molar-refractivity contribution < 1.29 is 23.9 Å². The summed E-state index contributed by atoms with van der Waals surface area (Å²) in [6.07, 6.45) is 0.440. The van der Waals surface area contributed by atoms with Gasteiger partial charge in [-0.2, -0.15) is 0 Å². The zero-order valence-electron chi connectivity index (χ0n) is 18.4. The molecule has 9 heteroatoms. The van der Waals surface area contributed by atoms with E-state index in [2.05, 4.69) is 16.2 Å². The van der Waals surface area contributed by atoms with Gasteiger partial charge in [0.1, 0.15) is 5.75 Å². The van der Waals surface area contributed by atoms with Gasteiger partial charge >= 0.3 is 5.97 Å². The molecule has 0 bridgehead atoms. The lowest BCUT2D eigenvalue weighted by Crippen LogP contribution is -2.49. The van der Waals surface area contributed by atoms with Crippen LogP contribution in [0.3, 0.4) is 0 Å². The van der Waals surface area contributed by atoms with Gasteiger partial charge in [0.05, 0.1) is 13.0 Å². The van der Waals surface area contributed by atoms with Crippen molar-refractivity contribution in [2.45, 2.75) is 19.3 Å². The predicted octanol–water partition coefficient (Wildman–Crippen LogP) is 2.81. The number of ether oxygens (including phenoxy) is 2. The van der Waals surface area contributed by atoms with Crippen LogP contribution in [0.4, 0.5) is 0 Å². The van der Waals surface area contributed by atoms with Crippen LogP contribution in [-0.4, -0.2) is 36.1 Å². The van der Waals surface area contributed by atoms with E-state index >= 15 is 0 Å². The van der Waals surface area contributed by atoms with Gasteiger partial charge in [-0.05, 0) is 29.2 Å². The van der Waals surface area contributed by atoms with Gasteiger partial charge in [0.25, 0.3) is 5.91 Å².